The van der Waals surface area contributed by atoms with Crippen molar-refractivity contribution in [2.75, 3.05) is 13.1 Å². The zero-order chi connectivity index (χ0) is 21.2. The summed E-state index contributed by atoms with van der Waals surface area (Å²) in [6, 6.07) is 11.2. The fourth-order valence-corrected chi connectivity index (χ4v) is 5.34. The van der Waals surface area contributed by atoms with E-state index in [0.717, 1.165) is 11.1 Å². The van der Waals surface area contributed by atoms with Gasteiger partial charge in [0.15, 0.2) is 0 Å². The molecule has 1 N–H and O–H groups in total. The molecule has 0 radical (unpaired) electrons. The number of carbonyl (C=O) groups is 1. The summed E-state index contributed by atoms with van der Waals surface area (Å²) in [6.07, 6.45) is 1.20. The number of nitrogens with one attached hydrogen (secondary N) is 1. The van der Waals surface area contributed by atoms with Gasteiger partial charge in [-0.1, -0.05) is 18.2 Å². The fraction of sp³-hybridized carbons (Fsp3) is 0.409. The highest BCUT2D eigenvalue weighted by atomic mass is 32.2. The molecule has 1 fully saturated rings. The van der Waals surface area contributed by atoms with Gasteiger partial charge in [-0.15, -0.1) is 0 Å². The SMILES string of the molecule is Cc1ccc(S(=O)(=O)N2CCCC(C)(C(=O)NCc3cccc(F)c3)C2)cc1C. The van der Waals surface area contributed by atoms with Crippen molar-refractivity contribution in [1.82, 2.24) is 9.62 Å². The van der Waals surface area contributed by atoms with E-state index in [2.05, 4.69) is 5.32 Å². The number of rotatable bonds is 5. The lowest BCUT2D eigenvalue weighted by molar-refractivity contribution is -0.132. The van der Waals surface area contributed by atoms with Gasteiger partial charge in [-0.05, 0) is 74.6 Å². The monoisotopic (exact) mass is 418 g/mol. The average Bonchev–Trinajstić information content (AvgIpc) is 2.68. The number of hydrogen-bond acceptors (Lipinski definition) is 3. The van der Waals surface area contributed by atoms with Gasteiger partial charge in [-0.3, -0.25) is 4.79 Å². The molecule has 29 heavy (non-hydrogen) atoms. The van der Waals surface area contributed by atoms with Crippen molar-refractivity contribution in [3.8, 4) is 0 Å². The first-order chi connectivity index (χ1) is 13.6. The number of halogens is 1. The highest BCUT2D eigenvalue weighted by Crippen LogP contribution is 2.33. The third-order valence-corrected chi connectivity index (χ3v) is 7.51. The molecule has 0 aliphatic carbocycles. The lowest BCUT2D eigenvalue weighted by Gasteiger charge is -2.38. The number of nitrogens with zero attached hydrogens (tertiary/aromatic N) is 1. The van der Waals surface area contributed by atoms with Gasteiger partial charge in [0, 0.05) is 19.6 Å². The maximum absolute atomic E-state index is 13.3. The number of sulfonamides is 1. The van der Waals surface area contributed by atoms with E-state index in [9.17, 15) is 17.6 Å². The first kappa shape index (κ1) is 21.5. The average molecular weight is 419 g/mol. The summed E-state index contributed by atoms with van der Waals surface area (Å²) >= 11 is 0. The summed E-state index contributed by atoms with van der Waals surface area (Å²) in [5.41, 5.74) is 1.78. The van der Waals surface area contributed by atoms with Crippen LogP contribution in [0.1, 0.15) is 36.5 Å². The smallest absolute Gasteiger partial charge is 0.243 e. The minimum Gasteiger partial charge on any atom is -0.352 e. The highest BCUT2D eigenvalue weighted by Gasteiger charge is 2.41. The van der Waals surface area contributed by atoms with Gasteiger partial charge in [-0.2, -0.15) is 4.31 Å². The zero-order valence-corrected chi connectivity index (χ0v) is 17.9. The van der Waals surface area contributed by atoms with Crippen LogP contribution in [0.25, 0.3) is 0 Å². The summed E-state index contributed by atoms with van der Waals surface area (Å²) < 4.78 is 41.0. The van der Waals surface area contributed by atoms with Gasteiger partial charge in [0.1, 0.15) is 5.82 Å². The summed E-state index contributed by atoms with van der Waals surface area (Å²) in [5, 5.41) is 2.84. The van der Waals surface area contributed by atoms with E-state index < -0.39 is 15.4 Å². The third kappa shape index (κ3) is 4.67. The normalized spacial score (nSPS) is 20.4. The van der Waals surface area contributed by atoms with E-state index in [1.165, 1.54) is 16.4 Å². The molecule has 5 nitrogen and oxygen atoms in total. The molecule has 1 saturated heterocycles. The Morgan fingerprint density at radius 2 is 1.93 bits per heavy atom. The molecule has 1 heterocycles. The standard InChI is InChI=1S/C22H27FN2O3S/c1-16-8-9-20(12-17(16)2)29(27,28)25-11-5-10-22(3,15-25)21(26)24-14-18-6-4-7-19(23)13-18/h4,6-9,12-13H,5,10-11,14-15H2,1-3H3,(H,24,26). The number of carbonyl (C=O) groups excluding carboxylic acids is 1. The molecular formula is C22H27FN2O3S. The van der Waals surface area contributed by atoms with Crippen molar-refractivity contribution in [2.24, 2.45) is 5.41 Å². The van der Waals surface area contributed by atoms with Crippen LogP contribution in [0, 0.1) is 25.1 Å². The molecule has 1 unspecified atom stereocenters. The van der Waals surface area contributed by atoms with Crippen LogP contribution in [-0.4, -0.2) is 31.7 Å². The van der Waals surface area contributed by atoms with Crippen LogP contribution >= 0.6 is 0 Å². The van der Waals surface area contributed by atoms with E-state index in [4.69, 9.17) is 0 Å². The van der Waals surface area contributed by atoms with Crippen LogP contribution < -0.4 is 5.32 Å². The van der Waals surface area contributed by atoms with Crippen LogP contribution in [0.5, 0.6) is 0 Å². The predicted octanol–water partition coefficient (Wildman–Crippen LogP) is 3.55. The minimum atomic E-state index is -3.67. The molecule has 1 aliphatic heterocycles. The Hall–Kier alpha value is -2.25. The quantitative estimate of drug-likeness (QED) is 0.808. The van der Waals surface area contributed by atoms with Crippen LogP contribution in [-0.2, 0) is 21.4 Å². The zero-order valence-electron chi connectivity index (χ0n) is 17.0. The van der Waals surface area contributed by atoms with Crippen molar-refractivity contribution in [1.29, 1.82) is 0 Å². The number of hydrogen-bond donors (Lipinski definition) is 1. The minimum absolute atomic E-state index is 0.122. The van der Waals surface area contributed by atoms with Gasteiger partial charge in [0.05, 0.1) is 10.3 Å². The molecule has 0 saturated carbocycles. The van der Waals surface area contributed by atoms with E-state index in [-0.39, 0.29) is 29.7 Å². The van der Waals surface area contributed by atoms with Gasteiger partial charge in [0.2, 0.25) is 15.9 Å². The van der Waals surface area contributed by atoms with Crippen molar-refractivity contribution < 1.29 is 17.6 Å². The van der Waals surface area contributed by atoms with Crippen LogP contribution in [0.4, 0.5) is 4.39 Å². The Bertz CT molecular complexity index is 1020. The Balaban J connectivity index is 1.74. The molecule has 2 aromatic carbocycles. The van der Waals surface area contributed by atoms with Gasteiger partial charge in [0.25, 0.3) is 0 Å². The molecule has 156 valence electrons. The van der Waals surface area contributed by atoms with E-state index >= 15 is 0 Å². The van der Waals surface area contributed by atoms with E-state index in [1.807, 2.05) is 13.8 Å². The number of benzene rings is 2. The molecule has 2 aromatic rings. The molecule has 1 atom stereocenters. The second-order valence-corrected chi connectivity index (χ2v) is 10.00. The number of piperidine rings is 1. The molecule has 0 aromatic heterocycles. The first-order valence-electron chi connectivity index (χ1n) is 9.72. The summed E-state index contributed by atoms with van der Waals surface area (Å²) in [4.78, 5) is 13.1. The van der Waals surface area contributed by atoms with Crippen LogP contribution in [0.3, 0.4) is 0 Å². The van der Waals surface area contributed by atoms with Gasteiger partial charge in [-0.25, -0.2) is 12.8 Å². The molecular weight excluding hydrogens is 391 g/mol. The van der Waals surface area contributed by atoms with Crippen LogP contribution in [0.2, 0.25) is 0 Å². The van der Waals surface area contributed by atoms with Gasteiger partial charge < -0.3 is 5.32 Å². The van der Waals surface area contributed by atoms with Crippen molar-refractivity contribution in [2.45, 2.75) is 45.1 Å². The molecule has 7 heteroatoms. The molecule has 1 amide bonds. The fourth-order valence-electron chi connectivity index (χ4n) is 3.65. The second kappa shape index (κ2) is 8.24. The molecule has 0 spiro atoms. The second-order valence-electron chi connectivity index (χ2n) is 8.06. The molecule has 1 aliphatic rings. The van der Waals surface area contributed by atoms with E-state index in [1.54, 1.807) is 37.3 Å². The maximum atomic E-state index is 13.3. The molecule has 3 rings (SSSR count). The third-order valence-electron chi connectivity index (χ3n) is 5.67. The lowest BCUT2D eigenvalue weighted by atomic mass is 9.82. The lowest BCUT2D eigenvalue weighted by Crippen LogP contribution is -2.51. The van der Waals surface area contributed by atoms with Crippen molar-refractivity contribution in [3.63, 3.8) is 0 Å². The summed E-state index contributed by atoms with van der Waals surface area (Å²) in [6.45, 7) is 6.33. The Kier molecular flexibility index (Phi) is 6.10. The Labute approximate surface area is 172 Å². The molecule has 0 bridgehead atoms. The van der Waals surface area contributed by atoms with Crippen LogP contribution in [0.15, 0.2) is 47.4 Å². The summed E-state index contributed by atoms with van der Waals surface area (Å²) in [5.74, 6) is -0.576. The van der Waals surface area contributed by atoms with E-state index in [0.29, 0.717) is 24.9 Å². The first-order valence-corrected chi connectivity index (χ1v) is 11.2. The maximum Gasteiger partial charge on any atom is 0.243 e. The Morgan fingerprint density at radius 3 is 2.62 bits per heavy atom. The van der Waals surface area contributed by atoms with Gasteiger partial charge >= 0.3 is 0 Å². The Morgan fingerprint density at radius 1 is 1.17 bits per heavy atom. The predicted molar refractivity (Wildman–Crippen MR) is 110 cm³/mol. The summed E-state index contributed by atoms with van der Waals surface area (Å²) in [7, 11) is -3.67. The number of amides is 1. The largest absolute Gasteiger partial charge is 0.352 e. The number of aryl methyl sites for hydroxylation is 2. The van der Waals surface area contributed by atoms with Crippen molar-refractivity contribution in [3.05, 3.63) is 65.0 Å². The van der Waals surface area contributed by atoms with Crippen molar-refractivity contribution >= 4 is 15.9 Å². The highest BCUT2D eigenvalue weighted by molar-refractivity contribution is 7.89. The topological polar surface area (TPSA) is 66.5 Å².